The SMILES string of the molecule is CC(C)(C)ON(C=O)Cc1cccc(CCC(=O)O)c1. The highest BCUT2D eigenvalue weighted by Gasteiger charge is 2.16. The van der Waals surface area contributed by atoms with Crippen LogP contribution >= 0.6 is 0 Å². The highest BCUT2D eigenvalue weighted by molar-refractivity contribution is 5.67. The van der Waals surface area contributed by atoms with Crippen LogP contribution in [0.5, 0.6) is 0 Å². The number of carbonyl (C=O) groups excluding carboxylic acids is 1. The van der Waals surface area contributed by atoms with Gasteiger partial charge in [-0.1, -0.05) is 24.3 Å². The van der Waals surface area contributed by atoms with Crippen LogP contribution in [-0.4, -0.2) is 28.2 Å². The first kappa shape index (κ1) is 16.2. The van der Waals surface area contributed by atoms with Crippen molar-refractivity contribution in [1.29, 1.82) is 0 Å². The molecule has 1 N–H and O–H groups in total. The fourth-order valence-electron chi connectivity index (χ4n) is 1.76. The molecule has 1 amide bonds. The molecule has 0 aliphatic rings. The van der Waals surface area contributed by atoms with Crippen LogP contribution in [0.25, 0.3) is 0 Å². The molecule has 0 aromatic heterocycles. The number of carboxylic acid groups (broad SMARTS) is 1. The molecule has 0 fully saturated rings. The minimum Gasteiger partial charge on any atom is -0.481 e. The summed E-state index contributed by atoms with van der Waals surface area (Å²) in [4.78, 5) is 27.1. The summed E-state index contributed by atoms with van der Waals surface area (Å²) in [5.41, 5.74) is 1.40. The summed E-state index contributed by atoms with van der Waals surface area (Å²) in [6.07, 6.45) is 1.22. The lowest BCUT2D eigenvalue weighted by molar-refractivity contribution is -0.220. The molecule has 0 unspecified atom stereocenters. The number of hydrogen-bond acceptors (Lipinski definition) is 3. The maximum Gasteiger partial charge on any atom is 0.303 e. The Morgan fingerprint density at radius 3 is 2.55 bits per heavy atom. The summed E-state index contributed by atoms with van der Waals surface area (Å²) in [7, 11) is 0. The second-order valence-electron chi connectivity index (χ2n) is 5.60. The molecule has 0 radical (unpaired) electrons. The molecule has 20 heavy (non-hydrogen) atoms. The first-order valence-electron chi connectivity index (χ1n) is 6.51. The second-order valence-corrected chi connectivity index (χ2v) is 5.60. The van der Waals surface area contributed by atoms with Crippen LogP contribution in [-0.2, 0) is 27.4 Å². The predicted octanol–water partition coefficient (Wildman–Crippen LogP) is 2.39. The third-order valence-electron chi connectivity index (χ3n) is 2.47. The Labute approximate surface area is 119 Å². The van der Waals surface area contributed by atoms with E-state index in [4.69, 9.17) is 9.94 Å². The van der Waals surface area contributed by atoms with Gasteiger partial charge in [0.05, 0.1) is 12.1 Å². The number of benzene rings is 1. The van der Waals surface area contributed by atoms with Gasteiger partial charge in [-0.25, -0.2) is 5.06 Å². The van der Waals surface area contributed by atoms with Crippen LogP contribution in [0.3, 0.4) is 0 Å². The Bertz CT molecular complexity index is 465. The highest BCUT2D eigenvalue weighted by atomic mass is 16.7. The van der Waals surface area contributed by atoms with Gasteiger partial charge < -0.3 is 5.11 Å². The molecule has 0 aliphatic carbocycles. The first-order valence-corrected chi connectivity index (χ1v) is 6.51. The van der Waals surface area contributed by atoms with E-state index in [2.05, 4.69) is 0 Å². The largest absolute Gasteiger partial charge is 0.481 e. The fourth-order valence-corrected chi connectivity index (χ4v) is 1.76. The van der Waals surface area contributed by atoms with E-state index >= 15 is 0 Å². The second kappa shape index (κ2) is 7.05. The van der Waals surface area contributed by atoms with E-state index in [9.17, 15) is 9.59 Å². The lowest BCUT2D eigenvalue weighted by atomic mass is 10.1. The normalized spacial score (nSPS) is 11.2. The lowest BCUT2D eigenvalue weighted by Gasteiger charge is -2.26. The van der Waals surface area contributed by atoms with Crippen molar-refractivity contribution < 1.29 is 19.5 Å². The Morgan fingerprint density at radius 2 is 2.00 bits per heavy atom. The summed E-state index contributed by atoms with van der Waals surface area (Å²) in [5.74, 6) is -0.819. The van der Waals surface area contributed by atoms with E-state index in [-0.39, 0.29) is 6.42 Å². The van der Waals surface area contributed by atoms with Gasteiger partial charge in [-0.3, -0.25) is 14.4 Å². The standard InChI is InChI=1S/C15H21NO4/c1-15(2,3)20-16(11-17)10-13-6-4-5-12(9-13)7-8-14(18)19/h4-6,9,11H,7-8,10H2,1-3H3,(H,18,19). The van der Waals surface area contributed by atoms with Gasteiger partial charge in [0.2, 0.25) is 6.41 Å². The van der Waals surface area contributed by atoms with Crippen molar-refractivity contribution in [2.75, 3.05) is 0 Å². The molecule has 0 aliphatic heterocycles. The average Bonchev–Trinajstić information content (AvgIpc) is 2.34. The maximum atomic E-state index is 11.0. The molecule has 0 atom stereocenters. The molecule has 1 aromatic carbocycles. The Kier molecular flexibility index (Phi) is 5.70. The fraction of sp³-hybridized carbons (Fsp3) is 0.467. The van der Waals surface area contributed by atoms with Crippen molar-refractivity contribution in [1.82, 2.24) is 5.06 Å². The van der Waals surface area contributed by atoms with Gasteiger partial charge in [0.1, 0.15) is 0 Å². The molecule has 0 heterocycles. The average molecular weight is 279 g/mol. The smallest absolute Gasteiger partial charge is 0.303 e. The molecule has 5 nitrogen and oxygen atoms in total. The highest BCUT2D eigenvalue weighted by Crippen LogP contribution is 2.14. The quantitative estimate of drug-likeness (QED) is 0.614. The first-order chi connectivity index (χ1) is 9.30. The topological polar surface area (TPSA) is 66.8 Å². The molecule has 0 saturated carbocycles. The van der Waals surface area contributed by atoms with Gasteiger partial charge >= 0.3 is 5.97 Å². The van der Waals surface area contributed by atoms with Gasteiger partial charge in [0.15, 0.2) is 0 Å². The molecular formula is C15H21NO4. The van der Waals surface area contributed by atoms with Gasteiger partial charge in [0, 0.05) is 6.42 Å². The van der Waals surface area contributed by atoms with Gasteiger partial charge in [-0.2, -0.15) is 0 Å². The molecule has 0 spiro atoms. The monoisotopic (exact) mass is 279 g/mol. The lowest BCUT2D eigenvalue weighted by Crippen LogP contribution is -2.32. The summed E-state index contributed by atoms with van der Waals surface area (Å²) in [6, 6.07) is 7.51. The number of rotatable bonds is 7. The van der Waals surface area contributed by atoms with Crippen LogP contribution in [0.2, 0.25) is 0 Å². The molecule has 1 rings (SSSR count). The van der Waals surface area contributed by atoms with E-state index < -0.39 is 11.6 Å². The Morgan fingerprint density at radius 1 is 1.35 bits per heavy atom. The van der Waals surface area contributed by atoms with Crippen LogP contribution in [0.4, 0.5) is 0 Å². The number of aryl methyl sites for hydroxylation is 1. The predicted molar refractivity (Wildman–Crippen MR) is 74.8 cm³/mol. The number of aliphatic carboxylic acids is 1. The summed E-state index contributed by atoms with van der Waals surface area (Å²) < 4.78 is 0. The van der Waals surface area contributed by atoms with E-state index in [1.54, 1.807) is 0 Å². The third kappa shape index (κ3) is 6.33. The Hall–Kier alpha value is -1.88. The molecule has 1 aromatic rings. The number of amides is 1. The number of nitrogens with zero attached hydrogens (tertiary/aromatic N) is 1. The minimum absolute atomic E-state index is 0.0966. The summed E-state index contributed by atoms with van der Waals surface area (Å²) in [5, 5.41) is 9.93. The molecular weight excluding hydrogens is 258 g/mol. The molecule has 0 bridgehead atoms. The number of hydroxylamine groups is 2. The van der Waals surface area contributed by atoms with Crippen molar-refractivity contribution in [3.8, 4) is 0 Å². The van der Waals surface area contributed by atoms with Gasteiger partial charge in [-0.05, 0) is 38.3 Å². The van der Waals surface area contributed by atoms with Crippen molar-refractivity contribution in [2.24, 2.45) is 0 Å². The zero-order chi connectivity index (χ0) is 15.2. The van der Waals surface area contributed by atoms with E-state index in [1.807, 2.05) is 45.0 Å². The van der Waals surface area contributed by atoms with Gasteiger partial charge in [0.25, 0.3) is 0 Å². The molecule has 0 saturated heterocycles. The minimum atomic E-state index is -0.819. The number of carboxylic acids is 1. The van der Waals surface area contributed by atoms with Gasteiger partial charge in [-0.15, -0.1) is 0 Å². The van der Waals surface area contributed by atoms with Crippen LogP contribution in [0.15, 0.2) is 24.3 Å². The van der Waals surface area contributed by atoms with Crippen molar-refractivity contribution in [3.05, 3.63) is 35.4 Å². The maximum absolute atomic E-state index is 11.0. The van der Waals surface area contributed by atoms with Crippen molar-refractivity contribution in [3.63, 3.8) is 0 Å². The van der Waals surface area contributed by atoms with E-state index in [0.717, 1.165) is 11.1 Å². The number of carbonyl (C=O) groups is 2. The van der Waals surface area contributed by atoms with Crippen molar-refractivity contribution in [2.45, 2.75) is 45.8 Å². The van der Waals surface area contributed by atoms with Crippen LogP contribution in [0, 0.1) is 0 Å². The summed E-state index contributed by atoms with van der Waals surface area (Å²) in [6.45, 7) is 5.94. The number of hydrogen-bond donors (Lipinski definition) is 1. The van der Waals surface area contributed by atoms with Crippen molar-refractivity contribution >= 4 is 12.4 Å². The zero-order valence-corrected chi connectivity index (χ0v) is 12.1. The zero-order valence-electron chi connectivity index (χ0n) is 12.1. The van der Waals surface area contributed by atoms with Crippen LogP contribution in [0.1, 0.15) is 38.3 Å². The Balaban J connectivity index is 2.68. The van der Waals surface area contributed by atoms with Crippen LogP contribution < -0.4 is 0 Å². The van der Waals surface area contributed by atoms with E-state index in [0.29, 0.717) is 19.4 Å². The van der Waals surface area contributed by atoms with E-state index in [1.165, 1.54) is 5.06 Å². The third-order valence-corrected chi connectivity index (χ3v) is 2.47. The molecule has 110 valence electrons. The molecule has 5 heteroatoms. The summed E-state index contributed by atoms with van der Waals surface area (Å²) >= 11 is 0.